The van der Waals surface area contributed by atoms with Crippen LogP contribution in [0.4, 0.5) is 0 Å². The molecule has 5 heteroatoms. The molecule has 0 aromatic heterocycles. The lowest BCUT2D eigenvalue weighted by molar-refractivity contribution is 0.0372. The molecule has 0 unspecified atom stereocenters. The Labute approximate surface area is 124 Å². The molecule has 0 atom stereocenters. The first-order valence-corrected chi connectivity index (χ1v) is 8.04. The van der Waals surface area contributed by atoms with Crippen molar-refractivity contribution in [1.29, 1.82) is 0 Å². The maximum Gasteiger partial charge on any atom is 0.191 e. The standard InChI is InChI=1S/C15H32N4O/c1-4-16-15(18-13-14(2)3)17-7-5-6-8-19-9-11-20-12-10-19/h14H,4-13H2,1-3H3,(H2,16,17,18). The number of unbranched alkanes of at least 4 members (excludes halogenated alkanes) is 1. The number of guanidine groups is 1. The molecule has 1 saturated heterocycles. The van der Waals surface area contributed by atoms with Gasteiger partial charge in [-0.3, -0.25) is 9.89 Å². The van der Waals surface area contributed by atoms with Crippen LogP contribution in [0.1, 0.15) is 33.6 Å². The summed E-state index contributed by atoms with van der Waals surface area (Å²) in [5.74, 6) is 1.55. The first kappa shape index (κ1) is 17.2. The largest absolute Gasteiger partial charge is 0.379 e. The van der Waals surface area contributed by atoms with E-state index in [9.17, 15) is 0 Å². The van der Waals surface area contributed by atoms with Gasteiger partial charge in [0.2, 0.25) is 0 Å². The van der Waals surface area contributed by atoms with E-state index in [1.165, 1.54) is 19.4 Å². The number of rotatable bonds is 8. The number of hydrogen-bond acceptors (Lipinski definition) is 3. The fourth-order valence-corrected chi connectivity index (χ4v) is 2.11. The lowest BCUT2D eigenvalue weighted by Gasteiger charge is -2.26. The van der Waals surface area contributed by atoms with Gasteiger partial charge in [-0.1, -0.05) is 13.8 Å². The Morgan fingerprint density at radius 2 is 1.95 bits per heavy atom. The van der Waals surface area contributed by atoms with Crippen LogP contribution >= 0.6 is 0 Å². The van der Waals surface area contributed by atoms with Crippen LogP contribution in [-0.2, 0) is 4.74 Å². The summed E-state index contributed by atoms with van der Waals surface area (Å²) in [4.78, 5) is 7.06. The number of nitrogens with one attached hydrogen (secondary N) is 2. The molecule has 0 saturated carbocycles. The van der Waals surface area contributed by atoms with E-state index in [0.29, 0.717) is 5.92 Å². The van der Waals surface area contributed by atoms with Crippen molar-refractivity contribution in [3.63, 3.8) is 0 Å². The van der Waals surface area contributed by atoms with Gasteiger partial charge in [-0.05, 0) is 32.2 Å². The van der Waals surface area contributed by atoms with Crippen molar-refractivity contribution in [2.45, 2.75) is 33.6 Å². The third-order valence-electron chi connectivity index (χ3n) is 3.26. The van der Waals surface area contributed by atoms with Crippen LogP contribution in [0.15, 0.2) is 4.99 Å². The van der Waals surface area contributed by atoms with Gasteiger partial charge in [0.1, 0.15) is 0 Å². The van der Waals surface area contributed by atoms with Crippen molar-refractivity contribution >= 4 is 5.96 Å². The van der Waals surface area contributed by atoms with Crippen LogP contribution in [0.5, 0.6) is 0 Å². The number of nitrogens with zero attached hydrogens (tertiary/aromatic N) is 2. The molecular weight excluding hydrogens is 252 g/mol. The summed E-state index contributed by atoms with van der Waals surface area (Å²) in [6, 6.07) is 0. The number of morpholine rings is 1. The van der Waals surface area contributed by atoms with Gasteiger partial charge in [0.05, 0.1) is 13.2 Å². The zero-order valence-electron chi connectivity index (χ0n) is 13.5. The molecule has 0 aromatic carbocycles. The molecule has 1 aliphatic heterocycles. The Balaban J connectivity index is 2.08. The molecule has 5 nitrogen and oxygen atoms in total. The highest BCUT2D eigenvalue weighted by molar-refractivity contribution is 5.79. The highest BCUT2D eigenvalue weighted by atomic mass is 16.5. The molecule has 1 rings (SSSR count). The fourth-order valence-electron chi connectivity index (χ4n) is 2.11. The van der Waals surface area contributed by atoms with Crippen LogP contribution < -0.4 is 10.6 Å². The average molecular weight is 284 g/mol. The first-order chi connectivity index (χ1) is 9.72. The molecule has 0 bridgehead atoms. The summed E-state index contributed by atoms with van der Waals surface area (Å²) < 4.78 is 5.35. The van der Waals surface area contributed by atoms with Gasteiger partial charge < -0.3 is 15.4 Å². The monoisotopic (exact) mass is 284 g/mol. The Morgan fingerprint density at radius 3 is 2.60 bits per heavy atom. The second-order valence-corrected chi connectivity index (χ2v) is 5.70. The zero-order chi connectivity index (χ0) is 14.6. The fraction of sp³-hybridized carbons (Fsp3) is 0.933. The first-order valence-electron chi connectivity index (χ1n) is 8.04. The minimum absolute atomic E-state index is 0.603. The Bertz CT molecular complexity index is 263. The third-order valence-corrected chi connectivity index (χ3v) is 3.26. The quantitative estimate of drug-likeness (QED) is 0.401. The highest BCUT2D eigenvalue weighted by Crippen LogP contribution is 1.99. The highest BCUT2D eigenvalue weighted by Gasteiger charge is 2.08. The van der Waals surface area contributed by atoms with E-state index in [2.05, 4.69) is 41.3 Å². The second kappa shape index (κ2) is 10.9. The predicted molar refractivity (Wildman–Crippen MR) is 85.3 cm³/mol. The summed E-state index contributed by atoms with van der Waals surface area (Å²) in [6.45, 7) is 14.4. The van der Waals surface area contributed by atoms with E-state index < -0.39 is 0 Å². The molecule has 1 heterocycles. The van der Waals surface area contributed by atoms with Crippen LogP contribution in [-0.4, -0.2) is 63.3 Å². The van der Waals surface area contributed by atoms with Gasteiger partial charge in [-0.25, -0.2) is 0 Å². The molecule has 20 heavy (non-hydrogen) atoms. The molecule has 0 radical (unpaired) electrons. The summed E-state index contributed by atoms with van der Waals surface area (Å²) in [6.07, 6.45) is 2.42. The van der Waals surface area contributed by atoms with Crippen LogP contribution in [0.25, 0.3) is 0 Å². The molecule has 0 aromatic rings. The van der Waals surface area contributed by atoms with Crippen molar-refractivity contribution in [2.24, 2.45) is 10.9 Å². The van der Waals surface area contributed by atoms with Crippen LogP contribution in [0.2, 0.25) is 0 Å². The summed E-state index contributed by atoms with van der Waals surface area (Å²) in [7, 11) is 0. The third kappa shape index (κ3) is 8.38. The maximum atomic E-state index is 5.35. The van der Waals surface area contributed by atoms with Gasteiger partial charge in [0.25, 0.3) is 0 Å². The minimum atomic E-state index is 0.603. The minimum Gasteiger partial charge on any atom is -0.379 e. The lowest BCUT2D eigenvalue weighted by atomic mass is 10.2. The van der Waals surface area contributed by atoms with E-state index >= 15 is 0 Å². The van der Waals surface area contributed by atoms with Crippen LogP contribution in [0.3, 0.4) is 0 Å². The van der Waals surface area contributed by atoms with Crippen LogP contribution in [0, 0.1) is 5.92 Å². The van der Waals surface area contributed by atoms with Gasteiger partial charge in [-0.2, -0.15) is 0 Å². The van der Waals surface area contributed by atoms with E-state index in [1.54, 1.807) is 0 Å². The second-order valence-electron chi connectivity index (χ2n) is 5.70. The number of hydrogen-bond donors (Lipinski definition) is 2. The smallest absolute Gasteiger partial charge is 0.191 e. The summed E-state index contributed by atoms with van der Waals surface area (Å²) in [5, 5.41) is 6.70. The van der Waals surface area contributed by atoms with Crippen molar-refractivity contribution in [3.05, 3.63) is 0 Å². The maximum absolute atomic E-state index is 5.35. The van der Waals surface area contributed by atoms with E-state index in [1.807, 2.05) is 0 Å². The Morgan fingerprint density at radius 1 is 1.20 bits per heavy atom. The van der Waals surface area contributed by atoms with Gasteiger partial charge in [-0.15, -0.1) is 0 Å². The average Bonchev–Trinajstić information content (AvgIpc) is 2.45. The molecule has 118 valence electrons. The number of ether oxygens (including phenoxy) is 1. The molecule has 0 aliphatic carbocycles. The molecule has 1 aliphatic rings. The molecule has 0 spiro atoms. The van der Waals surface area contributed by atoms with E-state index in [0.717, 1.165) is 51.9 Å². The van der Waals surface area contributed by atoms with Crippen molar-refractivity contribution in [2.75, 3.05) is 52.5 Å². The van der Waals surface area contributed by atoms with E-state index in [4.69, 9.17) is 4.74 Å². The predicted octanol–water partition coefficient (Wildman–Crippen LogP) is 1.31. The Hall–Kier alpha value is -0.810. The van der Waals surface area contributed by atoms with Crippen molar-refractivity contribution in [1.82, 2.24) is 15.5 Å². The molecule has 2 N–H and O–H groups in total. The zero-order valence-corrected chi connectivity index (χ0v) is 13.5. The topological polar surface area (TPSA) is 48.9 Å². The van der Waals surface area contributed by atoms with Crippen molar-refractivity contribution in [3.8, 4) is 0 Å². The SMILES string of the molecule is CCNC(=NCC(C)C)NCCCCN1CCOCC1. The normalized spacial score (nSPS) is 17.5. The van der Waals surface area contributed by atoms with Gasteiger partial charge in [0, 0.05) is 32.7 Å². The molecule has 1 fully saturated rings. The number of aliphatic imine (C=N–C) groups is 1. The Kier molecular flexibility index (Phi) is 9.41. The van der Waals surface area contributed by atoms with E-state index in [-0.39, 0.29) is 0 Å². The van der Waals surface area contributed by atoms with Gasteiger partial charge >= 0.3 is 0 Å². The van der Waals surface area contributed by atoms with Gasteiger partial charge in [0.15, 0.2) is 5.96 Å². The van der Waals surface area contributed by atoms with Crippen molar-refractivity contribution < 1.29 is 4.74 Å². The molecule has 0 amide bonds. The lowest BCUT2D eigenvalue weighted by Crippen LogP contribution is -2.39. The summed E-state index contributed by atoms with van der Waals surface area (Å²) in [5.41, 5.74) is 0. The molecular formula is C15H32N4O. The summed E-state index contributed by atoms with van der Waals surface area (Å²) >= 11 is 0.